The molecule has 1 saturated heterocycles. The molecule has 4 rings (SSSR count). The van der Waals surface area contributed by atoms with Crippen LogP contribution in [0.2, 0.25) is 0 Å². The zero-order valence-electron chi connectivity index (χ0n) is 17.4. The number of amides is 1. The molecule has 0 aromatic heterocycles. The van der Waals surface area contributed by atoms with Crippen LogP contribution in [0.4, 0.5) is 5.69 Å². The molecule has 7 nitrogen and oxygen atoms in total. The Morgan fingerprint density at radius 2 is 1.90 bits per heavy atom. The molecular formula is C24H25N3O4. The van der Waals surface area contributed by atoms with Gasteiger partial charge < -0.3 is 19.1 Å². The van der Waals surface area contributed by atoms with Crippen LogP contribution in [0, 0.1) is 0 Å². The lowest BCUT2D eigenvalue weighted by atomic mass is 10.1. The number of fused-ring (bicyclic) bond motifs is 1. The number of anilines is 1. The Bertz CT molecular complexity index is 1070. The minimum Gasteiger partial charge on any atom is -0.496 e. The van der Waals surface area contributed by atoms with E-state index >= 15 is 0 Å². The number of hydrogen-bond acceptors (Lipinski definition) is 6. The van der Waals surface area contributed by atoms with Gasteiger partial charge in [-0.1, -0.05) is 36.4 Å². The zero-order valence-corrected chi connectivity index (χ0v) is 17.4. The lowest BCUT2D eigenvalue weighted by Crippen LogP contribution is -2.36. The van der Waals surface area contributed by atoms with Crippen molar-refractivity contribution in [2.45, 2.75) is 0 Å². The summed E-state index contributed by atoms with van der Waals surface area (Å²) in [6, 6.07) is 19.5. The van der Waals surface area contributed by atoms with Crippen molar-refractivity contribution < 1.29 is 19.0 Å². The second-order valence-corrected chi connectivity index (χ2v) is 7.08. The second-order valence-electron chi connectivity index (χ2n) is 7.08. The average molecular weight is 419 g/mol. The SMILES string of the molecule is COc1cc(N2CCOCC2)ccc1/C=N/NC(=O)COc1cccc2ccccc12. The second kappa shape index (κ2) is 9.95. The molecule has 31 heavy (non-hydrogen) atoms. The van der Waals surface area contributed by atoms with E-state index in [1.807, 2.05) is 60.7 Å². The lowest BCUT2D eigenvalue weighted by molar-refractivity contribution is -0.123. The van der Waals surface area contributed by atoms with E-state index in [0.717, 1.165) is 48.3 Å². The van der Waals surface area contributed by atoms with Gasteiger partial charge in [0.25, 0.3) is 5.91 Å². The lowest BCUT2D eigenvalue weighted by Gasteiger charge is -2.29. The summed E-state index contributed by atoms with van der Waals surface area (Å²) in [6.07, 6.45) is 1.57. The number of carbonyl (C=O) groups excluding carboxylic acids is 1. The normalized spacial score (nSPS) is 14.0. The highest BCUT2D eigenvalue weighted by Crippen LogP contribution is 2.26. The van der Waals surface area contributed by atoms with Crippen LogP contribution in [0.25, 0.3) is 10.8 Å². The minimum atomic E-state index is -0.340. The minimum absolute atomic E-state index is 0.127. The van der Waals surface area contributed by atoms with Gasteiger partial charge in [0, 0.05) is 35.8 Å². The van der Waals surface area contributed by atoms with Crippen LogP contribution < -0.4 is 19.8 Å². The molecule has 1 aliphatic rings. The molecule has 3 aromatic rings. The Labute approximate surface area is 181 Å². The van der Waals surface area contributed by atoms with E-state index in [4.69, 9.17) is 14.2 Å². The van der Waals surface area contributed by atoms with Crippen molar-refractivity contribution in [2.75, 3.05) is 44.9 Å². The highest BCUT2D eigenvalue weighted by Gasteiger charge is 2.13. The van der Waals surface area contributed by atoms with Crippen LogP contribution in [0.5, 0.6) is 11.5 Å². The van der Waals surface area contributed by atoms with Gasteiger partial charge in [0.2, 0.25) is 0 Å². The summed E-state index contributed by atoms with van der Waals surface area (Å²) in [5.41, 5.74) is 4.35. The number of ether oxygens (including phenoxy) is 3. The number of methoxy groups -OCH3 is 1. The van der Waals surface area contributed by atoms with Crippen LogP contribution in [0.15, 0.2) is 65.8 Å². The third-order valence-electron chi connectivity index (χ3n) is 5.09. The molecule has 1 fully saturated rings. The maximum absolute atomic E-state index is 12.2. The summed E-state index contributed by atoms with van der Waals surface area (Å²) < 4.78 is 16.6. The molecule has 0 unspecified atom stereocenters. The van der Waals surface area contributed by atoms with Gasteiger partial charge in [-0.2, -0.15) is 5.10 Å². The fraction of sp³-hybridized carbons (Fsp3) is 0.250. The van der Waals surface area contributed by atoms with Crippen molar-refractivity contribution in [3.63, 3.8) is 0 Å². The molecular weight excluding hydrogens is 394 g/mol. The van der Waals surface area contributed by atoms with Crippen LogP contribution in [0.3, 0.4) is 0 Å². The first-order valence-corrected chi connectivity index (χ1v) is 10.2. The smallest absolute Gasteiger partial charge is 0.277 e. The fourth-order valence-electron chi connectivity index (χ4n) is 3.50. The maximum Gasteiger partial charge on any atom is 0.277 e. The molecule has 1 amide bonds. The van der Waals surface area contributed by atoms with Gasteiger partial charge in [0.05, 0.1) is 26.5 Å². The zero-order chi connectivity index (χ0) is 21.5. The van der Waals surface area contributed by atoms with Gasteiger partial charge in [-0.05, 0) is 23.6 Å². The molecule has 160 valence electrons. The summed E-state index contributed by atoms with van der Waals surface area (Å²) in [5.74, 6) is 1.01. The largest absolute Gasteiger partial charge is 0.496 e. The molecule has 1 N–H and O–H groups in total. The number of nitrogens with one attached hydrogen (secondary N) is 1. The molecule has 0 radical (unpaired) electrons. The van der Waals surface area contributed by atoms with Gasteiger partial charge in [-0.15, -0.1) is 0 Å². The Morgan fingerprint density at radius 1 is 1.10 bits per heavy atom. The number of morpholine rings is 1. The van der Waals surface area contributed by atoms with E-state index in [2.05, 4.69) is 15.4 Å². The van der Waals surface area contributed by atoms with E-state index in [9.17, 15) is 4.79 Å². The topological polar surface area (TPSA) is 72.4 Å². The molecule has 0 bridgehead atoms. The van der Waals surface area contributed by atoms with E-state index < -0.39 is 0 Å². The Morgan fingerprint density at radius 3 is 2.74 bits per heavy atom. The summed E-state index contributed by atoms with van der Waals surface area (Å²) in [6.45, 7) is 3.02. The average Bonchev–Trinajstić information content (AvgIpc) is 2.83. The molecule has 3 aromatic carbocycles. The van der Waals surface area contributed by atoms with Crippen molar-refractivity contribution in [1.82, 2.24) is 5.43 Å². The van der Waals surface area contributed by atoms with Gasteiger partial charge in [0.15, 0.2) is 6.61 Å². The first-order valence-electron chi connectivity index (χ1n) is 10.2. The fourth-order valence-corrected chi connectivity index (χ4v) is 3.50. The molecule has 0 saturated carbocycles. The number of nitrogens with zero attached hydrogens (tertiary/aromatic N) is 2. The quantitative estimate of drug-likeness (QED) is 0.470. The van der Waals surface area contributed by atoms with E-state index in [-0.39, 0.29) is 12.5 Å². The number of hydrazone groups is 1. The first kappa shape index (κ1) is 20.7. The van der Waals surface area contributed by atoms with Crippen LogP contribution in [0.1, 0.15) is 5.56 Å². The summed E-state index contributed by atoms with van der Waals surface area (Å²) >= 11 is 0. The summed E-state index contributed by atoms with van der Waals surface area (Å²) in [7, 11) is 1.62. The molecule has 1 aliphatic heterocycles. The van der Waals surface area contributed by atoms with Gasteiger partial charge in [0.1, 0.15) is 11.5 Å². The van der Waals surface area contributed by atoms with Crippen molar-refractivity contribution in [3.8, 4) is 11.5 Å². The van der Waals surface area contributed by atoms with Crippen molar-refractivity contribution in [3.05, 3.63) is 66.2 Å². The third-order valence-corrected chi connectivity index (χ3v) is 5.09. The monoisotopic (exact) mass is 419 g/mol. The van der Waals surface area contributed by atoms with Crippen molar-refractivity contribution >= 4 is 28.6 Å². The van der Waals surface area contributed by atoms with Gasteiger partial charge in [-0.25, -0.2) is 5.43 Å². The molecule has 1 heterocycles. The number of benzene rings is 3. The van der Waals surface area contributed by atoms with E-state index in [1.165, 1.54) is 0 Å². The standard InChI is InChI=1S/C24H25N3O4/c1-29-23-15-20(27-11-13-30-14-12-27)10-9-19(23)16-25-26-24(28)17-31-22-8-4-6-18-5-2-3-7-21(18)22/h2-10,15-16H,11-14,17H2,1H3,(H,26,28)/b25-16+. The number of carbonyl (C=O) groups is 1. The van der Waals surface area contributed by atoms with E-state index in [1.54, 1.807) is 13.3 Å². The predicted molar refractivity (Wildman–Crippen MR) is 121 cm³/mol. The number of hydrogen-bond donors (Lipinski definition) is 1. The first-order chi connectivity index (χ1) is 15.2. The highest BCUT2D eigenvalue weighted by molar-refractivity contribution is 5.89. The van der Waals surface area contributed by atoms with Crippen LogP contribution in [-0.2, 0) is 9.53 Å². The molecule has 0 spiro atoms. The van der Waals surface area contributed by atoms with E-state index in [0.29, 0.717) is 11.5 Å². The van der Waals surface area contributed by atoms with Crippen LogP contribution in [-0.4, -0.2) is 52.1 Å². The number of rotatable bonds is 7. The summed E-state index contributed by atoms with van der Waals surface area (Å²) in [5, 5.41) is 6.07. The predicted octanol–water partition coefficient (Wildman–Crippen LogP) is 3.21. The Kier molecular flexibility index (Phi) is 6.64. The Balaban J connectivity index is 1.35. The third kappa shape index (κ3) is 5.13. The molecule has 0 aliphatic carbocycles. The Hall–Kier alpha value is -3.58. The molecule has 0 atom stereocenters. The van der Waals surface area contributed by atoms with Gasteiger partial charge in [-0.3, -0.25) is 4.79 Å². The van der Waals surface area contributed by atoms with Gasteiger partial charge >= 0.3 is 0 Å². The molecule has 7 heteroatoms. The van der Waals surface area contributed by atoms with Crippen molar-refractivity contribution in [2.24, 2.45) is 5.10 Å². The van der Waals surface area contributed by atoms with Crippen molar-refractivity contribution in [1.29, 1.82) is 0 Å². The highest BCUT2D eigenvalue weighted by atomic mass is 16.5. The summed E-state index contributed by atoms with van der Waals surface area (Å²) in [4.78, 5) is 14.4. The maximum atomic E-state index is 12.2. The van der Waals surface area contributed by atoms with Crippen LogP contribution >= 0.6 is 0 Å².